The van der Waals surface area contributed by atoms with Crippen molar-refractivity contribution in [2.45, 2.75) is 27.2 Å². The van der Waals surface area contributed by atoms with Crippen LogP contribution in [0.1, 0.15) is 27.2 Å². The van der Waals surface area contributed by atoms with E-state index in [0.29, 0.717) is 5.41 Å². The van der Waals surface area contributed by atoms with Crippen LogP contribution in [0.3, 0.4) is 0 Å². The first-order valence-corrected chi connectivity index (χ1v) is 6.27. The highest BCUT2D eigenvalue weighted by atomic mass is 16.5. The molecule has 1 atom stereocenters. The number of ether oxygens (including phenoxy) is 1. The van der Waals surface area contributed by atoms with Gasteiger partial charge in [0, 0.05) is 25.1 Å². The highest BCUT2D eigenvalue weighted by Crippen LogP contribution is 2.28. The van der Waals surface area contributed by atoms with E-state index in [-0.39, 0.29) is 0 Å². The lowest BCUT2D eigenvalue weighted by atomic mass is 9.86. The summed E-state index contributed by atoms with van der Waals surface area (Å²) in [4.78, 5) is 2.51. The topological polar surface area (TPSA) is 24.5 Å². The number of nitrogens with zero attached hydrogens (tertiary/aromatic N) is 1. The minimum atomic E-state index is 0.363. The Kier molecular flexibility index (Phi) is 5.58. The van der Waals surface area contributed by atoms with E-state index in [0.717, 1.165) is 39.4 Å². The lowest BCUT2D eigenvalue weighted by Gasteiger charge is -2.33. The van der Waals surface area contributed by atoms with E-state index < -0.39 is 0 Å². The van der Waals surface area contributed by atoms with Gasteiger partial charge >= 0.3 is 0 Å². The zero-order chi connectivity index (χ0) is 11.1. The van der Waals surface area contributed by atoms with E-state index >= 15 is 0 Å². The standard InChI is InChI=1S/C12H26N2O/c1-4-13-9-12(7-8-15-11-12)10-14(5-2)6-3/h13H,4-11H2,1-3H3. The minimum absolute atomic E-state index is 0.363. The van der Waals surface area contributed by atoms with Gasteiger partial charge in [0.25, 0.3) is 0 Å². The molecule has 0 amide bonds. The van der Waals surface area contributed by atoms with Gasteiger partial charge in [-0.1, -0.05) is 20.8 Å². The van der Waals surface area contributed by atoms with Crippen LogP contribution in [0.4, 0.5) is 0 Å². The zero-order valence-electron chi connectivity index (χ0n) is 10.5. The highest BCUT2D eigenvalue weighted by molar-refractivity contribution is 4.88. The van der Waals surface area contributed by atoms with Gasteiger partial charge in [0.2, 0.25) is 0 Å². The minimum Gasteiger partial charge on any atom is -0.381 e. The van der Waals surface area contributed by atoms with Gasteiger partial charge in [-0.05, 0) is 26.1 Å². The predicted molar refractivity (Wildman–Crippen MR) is 64.2 cm³/mol. The molecule has 1 unspecified atom stereocenters. The molecule has 1 N–H and O–H groups in total. The van der Waals surface area contributed by atoms with Gasteiger partial charge in [-0.25, -0.2) is 0 Å². The van der Waals surface area contributed by atoms with Crippen LogP contribution in [0.25, 0.3) is 0 Å². The predicted octanol–water partition coefficient (Wildman–Crippen LogP) is 1.34. The second-order valence-corrected chi connectivity index (χ2v) is 4.54. The summed E-state index contributed by atoms with van der Waals surface area (Å²) in [5.74, 6) is 0. The second kappa shape index (κ2) is 6.46. The Morgan fingerprint density at radius 2 is 2.00 bits per heavy atom. The molecule has 0 aromatic carbocycles. The number of hydrogen-bond donors (Lipinski definition) is 1. The van der Waals surface area contributed by atoms with Gasteiger partial charge in [-0.2, -0.15) is 0 Å². The summed E-state index contributed by atoms with van der Waals surface area (Å²) < 4.78 is 5.58. The molecule has 0 bridgehead atoms. The Morgan fingerprint density at radius 3 is 2.47 bits per heavy atom. The molecule has 0 aromatic heterocycles. The van der Waals surface area contributed by atoms with Crippen molar-refractivity contribution in [3.05, 3.63) is 0 Å². The first kappa shape index (κ1) is 12.9. The van der Waals surface area contributed by atoms with Gasteiger partial charge in [0.05, 0.1) is 6.61 Å². The molecule has 0 spiro atoms. The molecule has 1 rings (SSSR count). The summed E-state index contributed by atoms with van der Waals surface area (Å²) >= 11 is 0. The fourth-order valence-corrected chi connectivity index (χ4v) is 2.28. The Balaban J connectivity index is 2.48. The van der Waals surface area contributed by atoms with E-state index in [2.05, 4.69) is 31.0 Å². The van der Waals surface area contributed by atoms with Crippen molar-refractivity contribution < 1.29 is 4.74 Å². The SMILES string of the molecule is CCNCC1(CN(CC)CC)CCOC1. The molecule has 0 saturated carbocycles. The Bertz CT molecular complexity index is 163. The summed E-state index contributed by atoms with van der Waals surface area (Å²) in [5, 5.41) is 3.48. The molecule has 3 nitrogen and oxygen atoms in total. The van der Waals surface area contributed by atoms with Crippen molar-refractivity contribution in [3.63, 3.8) is 0 Å². The Hall–Kier alpha value is -0.120. The third kappa shape index (κ3) is 3.74. The van der Waals surface area contributed by atoms with Crippen molar-refractivity contribution in [1.82, 2.24) is 10.2 Å². The Labute approximate surface area is 94.2 Å². The lowest BCUT2D eigenvalue weighted by molar-refractivity contribution is 0.113. The van der Waals surface area contributed by atoms with Gasteiger partial charge in [-0.15, -0.1) is 0 Å². The molecular formula is C12H26N2O. The van der Waals surface area contributed by atoms with E-state index in [9.17, 15) is 0 Å². The van der Waals surface area contributed by atoms with Gasteiger partial charge in [0.15, 0.2) is 0 Å². The second-order valence-electron chi connectivity index (χ2n) is 4.54. The first-order valence-electron chi connectivity index (χ1n) is 6.27. The van der Waals surface area contributed by atoms with E-state index in [1.165, 1.54) is 13.0 Å². The monoisotopic (exact) mass is 214 g/mol. The van der Waals surface area contributed by atoms with Gasteiger partial charge < -0.3 is 15.0 Å². The lowest BCUT2D eigenvalue weighted by Crippen LogP contribution is -2.44. The summed E-state index contributed by atoms with van der Waals surface area (Å²) in [6.07, 6.45) is 1.20. The molecule has 0 aliphatic carbocycles. The molecule has 3 heteroatoms. The molecule has 1 fully saturated rings. The summed E-state index contributed by atoms with van der Waals surface area (Å²) in [6, 6.07) is 0. The average molecular weight is 214 g/mol. The molecule has 1 aliphatic rings. The largest absolute Gasteiger partial charge is 0.381 e. The molecule has 15 heavy (non-hydrogen) atoms. The zero-order valence-corrected chi connectivity index (χ0v) is 10.5. The van der Waals surface area contributed by atoms with Crippen molar-refractivity contribution in [2.24, 2.45) is 5.41 Å². The highest BCUT2D eigenvalue weighted by Gasteiger charge is 2.35. The van der Waals surface area contributed by atoms with Gasteiger partial charge in [0.1, 0.15) is 0 Å². The summed E-state index contributed by atoms with van der Waals surface area (Å²) in [7, 11) is 0. The molecule has 1 aliphatic heterocycles. The third-order valence-electron chi connectivity index (χ3n) is 3.39. The molecule has 1 saturated heterocycles. The number of rotatable bonds is 7. The van der Waals surface area contributed by atoms with Crippen LogP contribution in [0.5, 0.6) is 0 Å². The summed E-state index contributed by atoms with van der Waals surface area (Å²) in [6.45, 7) is 14.1. The van der Waals surface area contributed by atoms with Crippen LogP contribution in [0.2, 0.25) is 0 Å². The average Bonchev–Trinajstić information content (AvgIpc) is 2.72. The van der Waals surface area contributed by atoms with Crippen molar-refractivity contribution in [2.75, 3.05) is 45.9 Å². The number of nitrogens with one attached hydrogen (secondary N) is 1. The first-order chi connectivity index (χ1) is 7.26. The third-order valence-corrected chi connectivity index (χ3v) is 3.39. The van der Waals surface area contributed by atoms with Crippen molar-refractivity contribution >= 4 is 0 Å². The normalized spacial score (nSPS) is 26.4. The van der Waals surface area contributed by atoms with E-state index in [1.54, 1.807) is 0 Å². The quantitative estimate of drug-likeness (QED) is 0.692. The van der Waals surface area contributed by atoms with Crippen LogP contribution in [-0.2, 0) is 4.74 Å². The smallest absolute Gasteiger partial charge is 0.0547 e. The van der Waals surface area contributed by atoms with Gasteiger partial charge in [-0.3, -0.25) is 0 Å². The number of hydrogen-bond acceptors (Lipinski definition) is 3. The Morgan fingerprint density at radius 1 is 1.27 bits per heavy atom. The fourth-order valence-electron chi connectivity index (χ4n) is 2.28. The van der Waals surface area contributed by atoms with Crippen molar-refractivity contribution in [1.29, 1.82) is 0 Å². The maximum atomic E-state index is 5.58. The maximum absolute atomic E-state index is 5.58. The van der Waals surface area contributed by atoms with Crippen LogP contribution in [0, 0.1) is 5.41 Å². The fraction of sp³-hybridized carbons (Fsp3) is 1.00. The van der Waals surface area contributed by atoms with Crippen LogP contribution < -0.4 is 5.32 Å². The maximum Gasteiger partial charge on any atom is 0.0547 e. The van der Waals surface area contributed by atoms with E-state index in [1.807, 2.05) is 0 Å². The molecule has 0 aromatic rings. The summed E-state index contributed by atoms with van der Waals surface area (Å²) in [5.41, 5.74) is 0.363. The molecular weight excluding hydrogens is 188 g/mol. The van der Waals surface area contributed by atoms with Crippen LogP contribution >= 0.6 is 0 Å². The van der Waals surface area contributed by atoms with Crippen LogP contribution in [-0.4, -0.2) is 50.8 Å². The van der Waals surface area contributed by atoms with Crippen molar-refractivity contribution in [3.8, 4) is 0 Å². The molecule has 90 valence electrons. The van der Waals surface area contributed by atoms with E-state index in [4.69, 9.17) is 4.74 Å². The molecule has 0 radical (unpaired) electrons. The molecule has 1 heterocycles. The van der Waals surface area contributed by atoms with Crippen LogP contribution in [0.15, 0.2) is 0 Å².